The van der Waals surface area contributed by atoms with Crippen LogP contribution in [0.25, 0.3) is 16.7 Å². The molecule has 1 aliphatic carbocycles. The van der Waals surface area contributed by atoms with E-state index in [1.54, 1.807) is 0 Å². The minimum atomic E-state index is 0.0667. The van der Waals surface area contributed by atoms with Crippen molar-refractivity contribution in [2.45, 2.75) is 56.5 Å². The first-order chi connectivity index (χ1) is 18.7. The molecule has 3 aliphatic heterocycles. The van der Waals surface area contributed by atoms with Gasteiger partial charge in [0, 0.05) is 50.3 Å². The van der Waals surface area contributed by atoms with Gasteiger partial charge < -0.3 is 24.8 Å². The molecule has 9 nitrogen and oxygen atoms in total. The Morgan fingerprint density at radius 2 is 1.82 bits per heavy atom. The molecule has 0 unspecified atom stereocenters. The van der Waals surface area contributed by atoms with Crippen LogP contribution in [0.3, 0.4) is 0 Å². The maximum absolute atomic E-state index is 5.52. The molecule has 3 aromatic heterocycles. The summed E-state index contributed by atoms with van der Waals surface area (Å²) >= 11 is 0. The highest BCUT2D eigenvalue weighted by Crippen LogP contribution is 2.42. The number of hydrogen-bond acceptors (Lipinski definition) is 8. The number of piperidine rings is 1. The van der Waals surface area contributed by atoms with Crippen LogP contribution in [0.15, 0.2) is 37.2 Å². The smallest absolute Gasteiger partial charge is 0.230 e. The summed E-state index contributed by atoms with van der Waals surface area (Å²) in [5.74, 6) is 1.35. The van der Waals surface area contributed by atoms with Gasteiger partial charge in [-0.2, -0.15) is 4.98 Å². The summed E-state index contributed by atoms with van der Waals surface area (Å²) in [4.78, 5) is 19.4. The Kier molecular flexibility index (Phi) is 6.20. The number of fused-ring (bicyclic) bond motifs is 4. The molecular weight excluding hydrogens is 476 g/mol. The molecule has 38 heavy (non-hydrogen) atoms. The molecule has 2 saturated heterocycles. The molecule has 1 saturated carbocycles. The van der Waals surface area contributed by atoms with Crippen LogP contribution < -0.4 is 15.5 Å². The van der Waals surface area contributed by atoms with E-state index >= 15 is 0 Å². The Hall–Kier alpha value is -3.17. The number of nitrogens with one attached hydrogen (secondary N) is 2. The van der Waals surface area contributed by atoms with Crippen LogP contribution in [-0.2, 0) is 10.3 Å². The summed E-state index contributed by atoms with van der Waals surface area (Å²) in [5, 5.41) is 7.98. The van der Waals surface area contributed by atoms with Gasteiger partial charge in [0.25, 0.3) is 0 Å². The van der Waals surface area contributed by atoms with Crippen molar-refractivity contribution in [3.8, 4) is 0 Å². The molecule has 6 heterocycles. The van der Waals surface area contributed by atoms with E-state index in [1.165, 1.54) is 50.6 Å². The molecule has 200 valence electrons. The number of hydrogen-bond donors (Lipinski definition) is 2. The lowest BCUT2D eigenvalue weighted by Gasteiger charge is -2.44. The van der Waals surface area contributed by atoms with Crippen LogP contribution >= 0.6 is 0 Å². The van der Waals surface area contributed by atoms with Crippen LogP contribution in [0, 0.1) is 0 Å². The van der Waals surface area contributed by atoms with E-state index in [-0.39, 0.29) is 5.54 Å². The van der Waals surface area contributed by atoms with Crippen LogP contribution in [-0.4, -0.2) is 76.4 Å². The second kappa shape index (κ2) is 9.85. The number of nitrogens with zero attached hydrogens (tertiary/aromatic N) is 6. The fourth-order valence-electron chi connectivity index (χ4n) is 7.00. The third-order valence-electron chi connectivity index (χ3n) is 9.12. The molecule has 2 N–H and O–H groups in total. The van der Waals surface area contributed by atoms with Crippen molar-refractivity contribution in [1.82, 2.24) is 29.7 Å². The van der Waals surface area contributed by atoms with E-state index in [2.05, 4.69) is 48.7 Å². The van der Waals surface area contributed by atoms with Crippen molar-refractivity contribution < 1.29 is 4.74 Å². The third-order valence-corrected chi connectivity index (χ3v) is 9.12. The van der Waals surface area contributed by atoms with Crippen LogP contribution in [0.4, 0.5) is 17.5 Å². The maximum atomic E-state index is 5.52. The first-order valence-electron chi connectivity index (χ1n) is 14.3. The van der Waals surface area contributed by atoms with Crippen molar-refractivity contribution >= 4 is 34.2 Å². The lowest BCUT2D eigenvalue weighted by atomic mass is 9.80. The van der Waals surface area contributed by atoms with Crippen LogP contribution in [0.1, 0.15) is 50.6 Å². The Morgan fingerprint density at radius 3 is 2.58 bits per heavy atom. The number of anilines is 3. The molecule has 1 spiro atoms. The predicted octanol–water partition coefficient (Wildman–Crippen LogP) is 4.10. The van der Waals surface area contributed by atoms with Crippen LogP contribution in [0.2, 0.25) is 0 Å². The molecule has 0 aromatic carbocycles. The predicted molar refractivity (Wildman–Crippen MR) is 151 cm³/mol. The van der Waals surface area contributed by atoms with Gasteiger partial charge >= 0.3 is 0 Å². The normalized spacial score (nSPS) is 22.4. The van der Waals surface area contributed by atoms with Crippen LogP contribution in [0.5, 0.6) is 0 Å². The Balaban J connectivity index is 1.07. The second-order valence-electron chi connectivity index (χ2n) is 11.3. The molecular formula is C29H38N8O. The summed E-state index contributed by atoms with van der Waals surface area (Å²) in [7, 11) is 0. The molecule has 9 heteroatoms. The molecule has 3 fully saturated rings. The fourth-order valence-corrected chi connectivity index (χ4v) is 7.00. The topological polar surface area (TPSA) is 83.4 Å². The standard InChI is InChI=1S/C29H38N8O/c1-21-25-17-22-18-31-28(34-27(22)37(25)29(20-32-21)9-3-2-4-10-29)33-26-6-5-24(19-30-26)35-11-7-23(8-12-35)36-13-15-38-16-14-36/h5-6,17-19,23,32H,1-4,7-16,20H2,(H,30,31,33,34). The SMILES string of the molecule is C=C1NCC2(CCCCC2)n2c1cc1cnc(Nc3ccc(N4CCC(N5CCOCC5)CC4)cn3)nc12. The van der Waals surface area contributed by atoms with Gasteiger partial charge in [0.2, 0.25) is 5.95 Å². The van der Waals surface area contributed by atoms with Crippen molar-refractivity contribution in [2.75, 3.05) is 56.2 Å². The zero-order valence-corrected chi connectivity index (χ0v) is 22.2. The van der Waals surface area contributed by atoms with Gasteiger partial charge in [0.15, 0.2) is 0 Å². The molecule has 0 bridgehead atoms. The Labute approximate surface area is 224 Å². The number of pyridine rings is 1. The molecule has 0 atom stereocenters. The number of ether oxygens (including phenoxy) is 1. The van der Waals surface area contributed by atoms with Crippen molar-refractivity contribution in [3.63, 3.8) is 0 Å². The second-order valence-corrected chi connectivity index (χ2v) is 11.3. The summed E-state index contributed by atoms with van der Waals surface area (Å²) < 4.78 is 7.97. The fraction of sp³-hybridized carbons (Fsp3) is 0.552. The van der Waals surface area contributed by atoms with Gasteiger partial charge in [-0.25, -0.2) is 9.97 Å². The quantitative estimate of drug-likeness (QED) is 0.539. The van der Waals surface area contributed by atoms with E-state index in [9.17, 15) is 0 Å². The summed E-state index contributed by atoms with van der Waals surface area (Å²) in [6, 6.07) is 7.06. The van der Waals surface area contributed by atoms with E-state index in [4.69, 9.17) is 14.7 Å². The van der Waals surface area contributed by atoms with Gasteiger partial charge in [-0.1, -0.05) is 25.8 Å². The number of rotatable bonds is 4. The zero-order chi connectivity index (χ0) is 25.5. The lowest BCUT2D eigenvalue weighted by molar-refractivity contribution is 0.0115. The summed E-state index contributed by atoms with van der Waals surface area (Å²) in [6.07, 6.45) is 12.4. The average molecular weight is 515 g/mol. The monoisotopic (exact) mass is 514 g/mol. The lowest BCUT2D eigenvalue weighted by Crippen LogP contribution is -2.49. The minimum absolute atomic E-state index is 0.0667. The van der Waals surface area contributed by atoms with E-state index in [0.717, 1.165) is 74.2 Å². The first kappa shape index (κ1) is 23.9. The zero-order valence-electron chi connectivity index (χ0n) is 22.2. The number of aromatic nitrogens is 4. The molecule has 3 aromatic rings. The van der Waals surface area contributed by atoms with E-state index in [0.29, 0.717) is 12.0 Å². The van der Waals surface area contributed by atoms with Gasteiger partial charge in [0.1, 0.15) is 11.5 Å². The Bertz CT molecular complexity index is 1300. The molecule has 7 rings (SSSR count). The molecule has 4 aliphatic rings. The number of morpholine rings is 1. The Morgan fingerprint density at radius 1 is 1.00 bits per heavy atom. The van der Waals surface area contributed by atoms with Gasteiger partial charge in [-0.3, -0.25) is 4.90 Å². The van der Waals surface area contributed by atoms with Gasteiger partial charge in [-0.05, 0) is 43.9 Å². The highest BCUT2D eigenvalue weighted by atomic mass is 16.5. The highest BCUT2D eigenvalue weighted by Gasteiger charge is 2.40. The summed E-state index contributed by atoms with van der Waals surface area (Å²) in [5.41, 5.74) is 4.34. The average Bonchev–Trinajstić information content (AvgIpc) is 3.38. The molecule has 0 amide bonds. The minimum Gasteiger partial charge on any atom is -0.381 e. The van der Waals surface area contributed by atoms with Gasteiger partial charge in [0.05, 0.1) is 42.0 Å². The first-order valence-corrected chi connectivity index (χ1v) is 14.3. The summed E-state index contributed by atoms with van der Waals surface area (Å²) in [6.45, 7) is 11.2. The largest absolute Gasteiger partial charge is 0.381 e. The van der Waals surface area contributed by atoms with Crippen molar-refractivity contribution in [2.24, 2.45) is 0 Å². The third kappa shape index (κ3) is 4.31. The highest BCUT2D eigenvalue weighted by molar-refractivity contribution is 5.84. The van der Waals surface area contributed by atoms with E-state index in [1.807, 2.05) is 18.5 Å². The van der Waals surface area contributed by atoms with Gasteiger partial charge in [-0.15, -0.1) is 0 Å². The van der Waals surface area contributed by atoms with E-state index < -0.39 is 0 Å². The molecule has 0 radical (unpaired) electrons. The van der Waals surface area contributed by atoms with Crippen molar-refractivity contribution in [1.29, 1.82) is 0 Å². The maximum Gasteiger partial charge on any atom is 0.230 e. The van der Waals surface area contributed by atoms with Crippen molar-refractivity contribution in [3.05, 3.63) is 42.9 Å².